The molecule has 0 bridgehead atoms. The Labute approximate surface area is 162 Å². The Kier molecular flexibility index (Phi) is 6.54. The normalized spacial score (nSPS) is 17.1. The summed E-state index contributed by atoms with van der Waals surface area (Å²) in [7, 11) is 1.83. The maximum Gasteiger partial charge on any atom is 0.408 e. The summed E-state index contributed by atoms with van der Waals surface area (Å²) < 4.78 is 7.18. The van der Waals surface area contributed by atoms with Gasteiger partial charge in [0.1, 0.15) is 5.60 Å². The average molecular weight is 379 g/mol. The van der Waals surface area contributed by atoms with Crippen molar-refractivity contribution in [3.63, 3.8) is 0 Å². The van der Waals surface area contributed by atoms with Crippen molar-refractivity contribution in [3.05, 3.63) is 17.0 Å². The van der Waals surface area contributed by atoms with Gasteiger partial charge in [-0.1, -0.05) is 25.7 Å². The molecule has 27 heavy (non-hydrogen) atoms. The van der Waals surface area contributed by atoms with E-state index >= 15 is 0 Å². The molecule has 0 atom stereocenters. The molecule has 7 heteroatoms. The van der Waals surface area contributed by atoms with E-state index in [0.717, 1.165) is 44.2 Å². The molecule has 1 aliphatic rings. The fourth-order valence-corrected chi connectivity index (χ4v) is 3.71. The second-order valence-corrected chi connectivity index (χ2v) is 8.67. The van der Waals surface area contributed by atoms with Crippen molar-refractivity contribution in [2.45, 2.75) is 84.3 Å². The van der Waals surface area contributed by atoms with Crippen molar-refractivity contribution < 1.29 is 14.3 Å². The first-order valence-corrected chi connectivity index (χ1v) is 9.83. The molecule has 1 aromatic rings. The first kappa shape index (κ1) is 21.3. The predicted molar refractivity (Wildman–Crippen MR) is 105 cm³/mol. The zero-order valence-electron chi connectivity index (χ0n) is 17.6. The van der Waals surface area contributed by atoms with E-state index in [1.807, 2.05) is 41.7 Å². The van der Waals surface area contributed by atoms with E-state index in [1.165, 1.54) is 0 Å². The summed E-state index contributed by atoms with van der Waals surface area (Å²) in [6.07, 6.45) is 5.58. The predicted octanol–water partition coefficient (Wildman–Crippen LogP) is 3.38. The third-order valence-corrected chi connectivity index (χ3v) is 5.15. The highest BCUT2D eigenvalue weighted by Crippen LogP contribution is 2.27. The number of amides is 2. The highest BCUT2D eigenvalue weighted by atomic mass is 16.6. The average Bonchev–Trinajstić information content (AvgIpc) is 2.71. The van der Waals surface area contributed by atoms with Crippen molar-refractivity contribution >= 4 is 12.0 Å². The van der Waals surface area contributed by atoms with Crippen LogP contribution in [-0.2, 0) is 11.8 Å². The Bertz CT molecular complexity index is 680. The van der Waals surface area contributed by atoms with Gasteiger partial charge in [-0.25, -0.2) is 4.79 Å². The zero-order valence-corrected chi connectivity index (χ0v) is 17.6. The third kappa shape index (κ3) is 5.71. The number of hydrogen-bond acceptors (Lipinski definition) is 4. The van der Waals surface area contributed by atoms with Crippen LogP contribution >= 0.6 is 0 Å². The lowest BCUT2D eigenvalue weighted by molar-refractivity contribution is 0.0437. The van der Waals surface area contributed by atoms with Gasteiger partial charge in [0.15, 0.2) is 0 Å². The van der Waals surface area contributed by atoms with E-state index < -0.39 is 17.2 Å². The van der Waals surface area contributed by atoms with Crippen LogP contribution in [0.5, 0.6) is 0 Å². The largest absolute Gasteiger partial charge is 0.444 e. The number of hydrogen-bond donors (Lipinski definition) is 2. The van der Waals surface area contributed by atoms with Gasteiger partial charge in [-0.2, -0.15) is 5.10 Å². The quantitative estimate of drug-likeness (QED) is 0.787. The van der Waals surface area contributed by atoms with Crippen molar-refractivity contribution in [2.24, 2.45) is 7.05 Å². The second kappa shape index (κ2) is 8.31. The van der Waals surface area contributed by atoms with E-state index in [9.17, 15) is 9.59 Å². The van der Waals surface area contributed by atoms with Gasteiger partial charge in [0.05, 0.1) is 16.8 Å². The lowest BCUT2D eigenvalue weighted by atomic mass is 9.90. The molecule has 2 amide bonds. The molecule has 2 rings (SSSR count). The Hall–Kier alpha value is -2.05. The molecular weight excluding hydrogens is 344 g/mol. The van der Waals surface area contributed by atoms with Gasteiger partial charge in [0.25, 0.3) is 5.91 Å². The van der Waals surface area contributed by atoms with Crippen LogP contribution in [0.4, 0.5) is 4.79 Å². The second-order valence-electron chi connectivity index (χ2n) is 8.67. The summed E-state index contributed by atoms with van der Waals surface area (Å²) in [5.74, 6) is -0.146. The van der Waals surface area contributed by atoms with Gasteiger partial charge >= 0.3 is 6.09 Å². The van der Waals surface area contributed by atoms with E-state index in [2.05, 4.69) is 15.7 Å². The van der Waals surface area contributed by atoms with Gasteiger partial charge in [-0.05, 0) is 47.5 Å². The highest BCUT2D eigenvalue weighted by Gasteiger charge is 2.35. The molecule has 2 N–H and O–H groups in total. The van der Waals surface area contributed by atoms with Gasteiger partial charge in [-0.15, -0.1) is 0 Å². The summed E-state index contributed by atoms with van der Waals surface area (Å²) >= 11 is 0. The van der Waals surface area contributed by atoms with Crippen LogP contribution in [0.2, 0.25) is 0 Å². The molecule has 0 unspecified atom stereocenters. The van der Waals surface area contributed by atoms with E-state index in [-0.39, 0.29) is 5.91 Å². The van der Waals surface area contributed by atoms with E-state index in [1.54, 1.807) is 4.68 Å². The lowest BCUT2D eigenvalue weighted by Crippen LogP contribution is -2.56. The fourth-order valence-electron chi connectivity index (χ4n) is 3.71. The van der Waals surface area contributed by atoms with Crippen molar-refractivity contribution in [1.29, 1.82) is 0 Å². The fraction of sp³-hybridized carbons (Fsp3) is 0.750. The molecule has 0 radical (unpaired) electrons. The first-order valence-electron chi connectivity index (χ1n) is 9.83. The van der Waals surface area contributed by atoms with Crippen molar-refractivity contribution in [1.82, 2.24) is 20.4 Å². The molecule has 1 fully saturated rings. The van der Waals surface area contributed by atoms with Gasteiger partial charge in [0.2, 0.25) is 0 Å². The van der Waals surface area contributed by atoms with Crippen LogP contribution in [0, 0.1) is 13.8 Å². The van der Waals surface area contributed by atoms with Crippen LogP contribution in [0.25, 0.3) is 0 Å². The zero-order chi connectivity index (χ0) is 20.2. The number of nitrogens with one attached hydrogen (secondary N) is 2. The topological polar surface area (TPSA) is 85.3 Å². The van der Waals surface area contributed by atoms with Crippen molar-refractivity contribution in [3.8, 4) is 0 Å². The number of nitrogens with zero attached hydrogens (tertiary/aromatic N) is 2. The van der Waals surface area contributed by atoms with Crippen LogP contribution < -0.4 is 10.6 Å². The summed E-state index contributed by atoms with van der Waals surface area (Å²) in [6, 6.07) is 0. The number of aryl methyl sites for hydroxylation is 2. The minimum Gasteiger partial charge on any atom is -0.444 e. The number of carbonyl (C=O) groups excluding carboxylic acids is 2. The van der Waals surface area contributed by atoms with Gasteiger partial charge in [0, 0.05) is 19.3 Å². The minimum absolute atomic E-state index is 0.146. The number of aromatic nitrogens is 2. The highest BCUT2D eigenvalue weighted by molar-refractivity contribution is 5.96. The molecule has 1 heterocycles. The van der Waals surface area contributed by atoms with Crippen molar-refractivity contribution in [2.75, 3.05) is 6.54 Å². The van der Waals surface area contributed by atoms with E-state index in [4.69, 9.17) is 4.74 Å². The standard InChI is InChI=1S/C20H34N4O3/c1-14-16(15(2)24(6)23-14)17(25)21-13-20(11-9-7-8-10-12-20)22-18(26)27-19(3,4)5/h7-13H2,1-6H3,(H,21,25)(H,22,26). The Morgan fingerprint density at radius 2 is 1.74 bits per heavy atom. The van der Waals surface area contributed by atoms with Gasteiger partial charge in [-0.3, -0.25) is 9.48 Å². The summed E-state index contributed by atoms with van der Waals surface area (Å²) in [4.78, 5) is 25.2. The lowest BCUT2D eigenvalue weighted by Gasteiger charge is -2.35. The Morgan fingerprint density at radius 3 is 2.22 bits per heavy atom. The number of carbonyl (C=O) groups is 2. The molecule has 1 aliphatic carbocycles. The van der Waals surface area contributed by atoms with Crippen LogP contribution in [0.1, 0.15) is 81.0 Å². The molecule has 0 aliphatic heterocycles. The summed E-state index contributed by atoms with van der Waals surface area (Å²) in [5.41, 5.74) is 1.13. The molecule has 0 aromatic carbocycles. The van der Waals surface area contributed by atoms with E-state index in [0.29, 0.717) is 17.8 Å². The van der Waals surface area contributed by atoms with Crippen LogP contribution in [0.15, 0.2) is 0 Å². The van der Waals surface area contributed by atoms with Crippen LogP contribution in [0.3, 0.4) is 0 Å². The number of ether oxygens (including phenoxy) is 1. The van der Waals surface area contributed by atoms with Gasteiger partial charge < -0.3 is 15.4 Å². The Balaban J connectivity index is 2.12. The molecule has 0 saturated heterocycles. The monoisotopic (exact) mass is 378 g/mol. The number of rotatable bonds is 4. The summed E-state index contributed by atoms with van der Waals surface area (Å²) in [5, 5.41) is 10.4. The van der Waals surface area contributed by atoms with Crippen LogP contribution in [-0.4, -0.2) is 39.5 Å². The molecule has 152 valence electrons. The molecule has 1 saturated carbocycles. The smallest absolute Gasteiger partial charge is 0.408 e. The SMILES string of the molecule is Cc1nn(C)c(C)c1C(=O)NCC1(NC(=O)OC(C)(C)C)CCCCCC1. The number of alkyl carbamates (subject to hydrolysis) is 1. The molecule has 1 aromatic heterocycles. The molecule has 7 nitrogen and oxygen atoms in total. The maximum atomic E-state index is 12.8. The molecule has 0 spiro atoms. The molecular formula is C20H34N4O3. The summed E-state index contributed by atoms with van der Waals surface area (Å²) in [6.45, 7) is 9.66. The first-order chi connectivity index (χ1) is 12.5. The third-order valence-electron chi connectivity index (χ3n) is 5.15. The Morgan fingerprint density at radius 1 is 1.15 bits per heavy atom. The minimum atomic E-state index is -0.552. The maximum absolute atomic E-state index is 12.8.